The highest BCUT2D eigenvalue weighted by Gasteiger charge is 2.10. The average Bonchev–Trinajstić information content (AvgIpc) is 2.68. The van der Waals surface area contributed by atoms with Crippen LogP contribution < -0.4 is 5.73 Å². The number of nitrogens with two attached hydrogens (primary N) is 1. The summed E-state index contributed by atoms with van der Waals surface area (Å²) in [5.74, 6) is -0.126. The largest absolute Gasteiger partial charge is 0.364 e. The molecule has 2 aromatic rings. The first-order valence-electron chi connectivity index (χ1n) is 4.19. The van der Waals surface area contributed by atoms with Gasteiger partial charge < -0.3 is 10.3 Å². The summed E-state index contributed by atoms with van der Waals surface area (Å²) in [4.78, 5) is 10.8. The Labute approximate surface area is 90.6 Å². The molecule has 15 heavy (non-hydrogen) atoms. The smallest absolute Gasteiger partial charge is 0.270 e. The van der Waals surface area contributed by atoms with Gasteiger partial charge in [-0.15, -0.1) is 0 Å². The van der Waals surface area contributed by atoms with Crippen molar-refractivity contribution >= 4 is 17.5 Å². The van der Waals surface area contributed by atoms with E-state index in [0.717, 1.165) is 5.56 Å². The van der Waals surface area contributed by atoms with Crippen molar-refractivity contribution in [2.24, 2.45) is 5.73 Å². The Morgan fingerprint density at radius 3 is 2.53 bits per heavy atom. The second-order valence-electron chi connectivity index (χ2n) is 2.95. The summed E-state index contributed by atoms with van der Waals surface area (Å²) in [6.07, 6.45) is 0. The number of amides is 1. The Balaban J connectivity index is 2.37. The fourth-order valence-corrected chi connectivity index (χ4v) is 1.27. The first kappa shape index (κ1) is 9.73. The number of carbonyl (C=O) groups excluding carboxylic acids is 1. The van der Waals surface area contributed by atoms with Gasteiger partial charge in [-0.2, -0.15) is 0 Å². The molecule has 0 fully saturated rings. The van der Waals surface area contributed by atoms with E-state index in [0.29, 0.717) is 10.8 Å². The minimum absolute atomic E-state index is 0.111. The third kappa shape index (κ3) is 1.99. The van der Waals surface area contributed by atoms with Gasteiger partial charge in [0.15, 0.2) is 11.5 Å². The van der Waals surface area contributed by atoms with E-state index >= 15 is 0 Å². The SMILES string of the molecule is NC(=O)c1cc(-c2ccc(Cl)cc2)on1. The molecule has 0 aliphatic heterocycles. The van der Waals surface area contributed by atoms with Crippen molar-refractivity contribution in [1.29, 1.82) is 0 Å². The molecule has 0 aliphatic rings. The summed E-state index contributed by atoms with van der Waals surface area (Å²) in [6, 6.07) is 8.49. The van der Waals surface area contributed by atoms with Crippen LogP contribution in [0, 0.1) is 0 Å². The van der Waals surface area contributed by atoms with Crippen LogP contribution in [0.1, 0.15) is 10.5 Å². The molecule has 0 bridgehead atoms. The van der Waals surface area contributed by atoms with Gasteiger partial charge in [-0.3, -0.25) is 4.79 Å². The molecule has 1 heterocycles. The fourth-order valence-electron chi connectivity index (χ4n) is 1.14. The quantitative estimate of drug-likeness (QED) is 0.846. The number of halogens is 1. The minimum atomic E-state index is -0.612. The third-order valence-corrected chi connectivity index (χ3v) is 2.14. The van der Waals surface area contributed by atoms with E-state index < -0.39 is 5.91 Å². The van der Waals surface area contributed by atoms with Crippen LogP contribution in [-0.2, 0) is 0 Å². The van der Waals surface area contributed by atoms with E-state index in [1.165, 1.54) is 6.07 Å². The molecular formula is C10H7ClN2O2. The summed E-state index contributed by atoms with van der Waals surface area (Å²) < 4.78 is 4.96. The first-order chi connectivity index (χ1) is 7.16. The normalized spacial score (nSPS) is 10.2. The van der Waals surface area contributed by atoms with Crippen molar-refractivity contribution in [3.05, 3.63) is 41.0 Å². The van der Waals surface area contributed by atoms with Gasteiger partial charge in [-0.1, -0.05) is 16.8 Å². The number of rotatable bonds is 2. The van der Waals surface area contributed by atoms with Gasteiger partial charge in [0.1, 0.15) is 0 Å². The van der Waals surface area contributed by atoms with Gasteiger partial charge in [0.2, 0.25) is 0 Å². The van der Waals surface area contributed by atoms with Gasteiger partial charge in [0.05, 0.1) is 0 Å². The highest BCUT2D eigenvalue weighted by molar-refractivity contribution is 6.30. The van der Waals surface area contributed by atoms with Crippen LogP contribution in [0.15, 0.2) is 34.9 Å². The molecule has 0 atom stereocenters. The molecule has 0 spiro atoms. The van der Waals surface area contributed by atoms with Crippen LogP contribution in [-0.4, -0.2) is 11.1 Å². The van der Waals surface area contributed by atoms with Crippen molar-refractivity contribution in [2.45, 2.75) is 0 Å². The summed E-state index contributed by atoms with van der Waals surface area (Å²) in [7, 11) is 0. The van der Waals surface area contributed by atoms with Crippen molar-refractivity contribution in [3.63, 3.8) is 0 Å². The topological polar surface area (TPSA) is 69.1 Å². The van der Waals surface area contributed by atoms with Gasteiger partial charge in [0.25, 0.3) is 5.91 Å². The maximum atomic E-state index is 10.8. The Hall–Kier alpha value is -1.81. The molecule has 0 aliphatic carbocycles. The van der Waals surface area contributed by atoms with E-state index in [9.17, 15) is 4.79 Å². The second-order valence-corrected chi connectivity index (χ2v) is 3.38. The second kappa shape index (κ2) is 3.74. The van der Waals surface area contributed by atoms with Gasteiger partial charge in [0, 0.05) is 16.7 Å². The summed E-state index contributed by atoms with van der Waals surface area (Å²) >= 11 is 5.73. The lowest BCUT2D eigenvalue weighted by Gasteiger charge is -1.93. The van der Waals surface area contributed by atoms with Gasteiger partial charge in [-0.25, -0.2) is 0 Å². The molecule has 0 unspecified atom stereocenters. The van der Waals surface area contributed by atoms with Gasteiger partial charge >= 0.3 is 0 Å². The van der Waals surface area contributed by atoms with E-state index in [2.05, 4.69) is 5.16 Å². The summed E-state index contributed by atoms with van der Waals surface area (Å²) in [5.41, 5.74) is 5.95. The molecule has 1 aromatic carbocycles. The Kier molecular flexibility index (Phi) is 2.43. The average molecular weight is 223 g/mol. The summed E-state index contributed by atoms with van der Waals surface area (Å²) in [5, 5.41) is 4.16. The van der Waals surface area contributed by atoms with Crippen LogP contribution >= 0.6 is 11.6 Å². The summed E-state index contributed by atoms with van der Waals surface area (Å²) in [6.45, 7) is 0. The number of hydrogen-bond donors (Lipinski definition) is 1. The van der Waals surface area contributed by atoms with E-state index in [4.69, 9.17) is 21.9 Å². The van der Waals surface area contributed by atoms with Crippen LogP contribution in [0.5, 0.6) is 0 Å². The molecule has 0 saturated heterocycles. The Morgan fingerprint density at radius 1 is 1.33 bits per heavy atom. The molecule has 5 heteroatoms. The zero-order valence-electron chi connectivity index (χ0n) is 7.61. The minimum Gasteiger partial charge on any atom is -0.364 e. The predicted octanol–water partition coefficient (Wildman–Crippen LogP) is 2.09. The molecule has 0 saturated carbocycles. The molecule has 2 N–H and O–H groups in total. The molecule has 2 rings (SSSR count). The fraction of sp³-hybridized carbons (Fsp3) is 0. The number of aromatic nitrogens is 1. The van der Waals surface area contributed by atoms with Crippen LogP contribution in [0.2, 0.25) is 5.02 Å². The van der Waals surface area contributed by atoms with Crippen LogP contribution in [0.25, 0.3) is 11.3 Å². The Morgan fingerprint density at radius 2 is 2.00 bits per heavy atom. The van der Waals surface area contributed by atoms with Crippen molar-refractivity contribution in [1.82, 2.24) is 5.16 Å². The maximum Gasteiger partial charge on any atom is 0.270 e. The predicted molar refractivity (Wildman–Crippen MR) is 55.5 cm³/mol. The first-order valence-corrected chi connectivity index (χ1v) is 4.57. The molecule has 4 nitrogen and oxygen atoms in total. The Bertz CT molecular complexity index is 490. The van der Waals surface area contributed by atoms with Crippen LogP contribution in [0.4, 0.5) is 0 Å². The van der Waals surface area contributed by atoms with E-state index in [1.54, 1.807) is 24.3 Å². The number of nitrogens with zero attached hydrogens (tertiary/aromatic N) is 1. The zero-order chi connectivity index (χ0) is 10.8. The number of primary amides is 1. The highest BCUT2D eigenvalue weighted by Crippen LogP contribution is 2.21. The van der Waals surface area contributed by atoms with Crippen molar-refractivity contribution < 1.29 is 9.32 Å². The monoisotopic (exact) mass is 222 g/mol. The lowest BCUT2D eigenvalue weighted by molar-refractivity contribution is 0.0992. The van der Waals surface area contributed by atoms with Gasteiger partial charge in [-0.05, 0) is 24.3 Å². The van der Waals surface area contributed by atoms with E-state index in [-0.39, 0.29) is 5.69 Å². The molecular weight excluding hydrogens is 216 g/mol. The zero-order valence-corrected chi connectivity index (χ0v) is 8.36. The lowest BCUT2D eigenvalue weighted by atomic mass is 10.1. The molecule has 0 radical (unpaired) electrons. The third-order valence-electron chi connectivity index (χ3n) is 1.89. The van der Waals surface area contributed by atoms with Crippen molar-refractivity contribution in [3.8, 4) is 11.3 Å². The van der Waals surface area contributed by atoms with Crippen LogP contribution in [0.3, 0.4) is 0 Å². The molecule has 1 amide bonds. The number of carbonyl (C=O) groups is 1. The standard InChI is InChI=1S/C10H7ClN2O2/c11-7-3-1-6(2-4-7)9-5-8(10(12)14)13-15-9/h1-5H,(H2,12,14). The lowest BCUT2D eigenvalue weighted by Crippen LogP contribution is -2.10. The van der Waals surface area contributed by atoms with E-state index in [1.807, 2.05) is 0 Å². The van der Waals surface area contributed by atoms with Crippen molar-refractivity contribution in [2.75, 3.05) is 0 Å². The molecule has 1 aromatic heterocycles. The maximum absolute atomic E-state index is 10.8. The highest BCUT2D eigenvalue weighted by atomic mass is 35.5. The molecule has 76 valence electrons. The number of hydrogen-bond acceptors (Lipinski definition) is 3. The number of benzene rings is 1.